The molecule has 0 radical (unpaired) electrons. The lowest BCUT2D eigenvalue weighted by Gasteiger charge is -2.52. The molecule has 4 rings (SSSR count). The van der Waals surface area contributed by atoms with E-state index in [0.717, 1.165) is 10.7 Å². The molecule has 10 nitrogen and oxygen atoms in total. The lowest BCUT2D eigenvalue weighted by molar-refractivity contribution is -0.155. The van der Waals surface area contributed by atoms with Gasteiger partial charge in [0.05, 0.1) is 11.2 Å². The van der Waals surface area contributed by atoms with Crippen LogP contribution in [0.25, 0.3) is 0 Å². The molecular weight excluding hydrogens is 392 g/mol. The van der Waals surface area contributed by atoms with E-state index in [0.29, 0.717) is 17.3 Å². The summed E-state index contributed by atoms with van der Waals surface area (Å²) < 4.78 is 0. The number of nitrogens with two attached hydrogens (primary N) is 1. The molecular formula is C15H20N6O4S2. The molecule has 4 heterocycles. The maximum atomic E-state index is 12.1. The van der Waals surface area contributed by atoms with Crippen LogP contribution in [0.1, 0.15) is 6.92 Å². The standard InChI is InChI=1S/C15H20N6O4S2/c1-8-2-10(21-9(17-8)3-19(7-22)18-21)26-5-15(14(24)25)4-20-12(23)11(16)13(20)27-6-15/h2-3,11,13,18,22H,4-7,16H2,1H3,(H,24,25)/t11?,13-,15?/m1/s1. The van der Waals surface area contributed by atoms with Gasteiger partial charge in [0.15, 0.2) is 5.82 Å². The van der Waals surface area contributed by atoms with E-state index in [1.54, 1.807) is 16.1 Å². The molecule has 27 heavy (non-hydrogen) atoms. The van der Waals surface area contributed by atoms with Crippen LogP contribution < -0.4 is 11.3 Å². The Bertz CT molecular complexity index is 786. The number of hydrogen-bond acceptors (Lipinski definition) is 10. The van der Waals surface area contributed by atoms with Crippen molar-refractivity contribution in [1.82, 2.24) is 20.5 Å². The fourth-order valence-electron chi connectivity index (χ4n) is 3.30. The van der Waals surface area contributed by atoms with Gasteiger partial charge in [0.25, 0.3) is 0 Å². The summed E-state index contributed by atoms with van der Waals surface area (Å²) in [7, 11) is 0. The Labute approximate surface area is 164 Å². The number of nitrogens with zero attached hydrogens (tertiary/aromatic N) is 4. The quantitative estimate of drug-likeness (QED) is 0.422. The first kappa shape index (κ1) is 18.6. The molecule has 0 bridgehead atoms. The van der Waals surface area contributed by atoms with Gasteiger partial charge in [-0.2, -0.15) is 0 Å². The number of carbonyl (C=O) groups excluding carboxylic acids is 1. The Balaban J connectivity index is 1.49. The molecule has 0 saturated carbocycles. The molecule has 2 unspecified atom stereocenters. The normalized spacial score (nSPS) is 32.3. The largest absolute Gasteiger partial charge is 0.481 e. The highest BCUT2D eigenvalue weighted by Crippen LogP contribution is 2.44. The third-order valence-corrected chi connectivity index (χ3v) is 7.76. The molecule has 3 atom stereocenters. The molecule has 0 aromatic heterocycles. The number of rotatable bonds is 5. The second-order valence-electron chi connectivity index (χ2n) is 6.84. The Kier molecular flexibility index (Phi) is 4.63. The van der Waals surface area contributed by atoms with Gasteiger partial charge in [0.1, 0.15) is 23.6 Å². The van der Waals surface area contributed by atoms with Crippen LogP contribution in [0.2, 0.25) is 0 Å². The minimum atomic E-state index is -1.05. The Hall–Kier alpha value is -1.73. The molecule has 146 valence electrons. The van der Waals surface area contributed by atoms with E-state index < -0.39 is 17.4 Å². The average molecular weight is 412 g/mol. The van der Waals surface area contributed by atoms with Crippen LogP contribution in [-0.4, -0.2) is 78.9 Å². The zero-order valence-corrected chi connectivity index (χ0v) is 16.2. The van der Waals surface area contributed by atoms with Crippen molar-refractivity contribution < 1.29 is 19.8 Å². The second-order valence-corrected chi connectivity index (χ2v) is 8.94. The van der Waals surface area contributed by atoms with Gasteiger partial charge in [0, 0.05) is 23.8 Å². The fourth-order valence-corrected chi connectivity index (χ4v) is 6.18. The van der Waals surface area contributed by atoms with E-state index in [-0.39, 0.29) is 24.6 Å². The number of carbonyl (C=O) groups is 2. The van der Waals surface area contributed by atoms with Gasteiger partial charge in [-0.3, -0.25) is 14.6 Å². The van der Waals surface area contributed by atoms with Crippen molar-refractivity contribution in [3.63, 3.8) is 0 Å². The van der Waals surface area contributed by atoms with E-state index in [2.05, 4.69) is 10.5 Å². The van der Waals surface area contributed by atoms with Crippen LogP contribution in [0, 0.1) is 5.41 Å². The number of hydrazine groups is 2. The number of nitrogens with one attached hydrogen (secondary N) is 1. The summed E-state index contributed by atoms with van der Waals surface area (Å²) >= 11 is 2.82. The van der Waals surface area contributed by atoms with Crippen LogP contribution in [0.5, 0.6) is 0 Å². The molecule has 0 aromatic rings. The molecule has 0 aliphatic carbocycles. The number of aliphatic carboxylic acids is 1. The van der Waals surface area contributed by atoms with Crippen molar-refractivity contribution in [2.45, 2.75) is 18.3 Å². The van der Waals surface area contributed by atoms with Gasteiger partial charge in [-0.1, -0.05) is 0 Å². The highest BCUT2D eigenvalue weighted by molar-refractivity contribution is 8.03. The van der Waals surface area contributed by atoms with Gasteiger partial charge in [-0.25, -0.2) is 10.0 Å². The summed E-state index contributed by atoms with van der Waals surface area (Å²) in [5.74, 6) is 0.213. The molecule has 2 saturated heterocycles. The second kappa shape index (κ2) is 6.71. The van der Waals surface area contributed by atoms with Gasteiger partial charge in [-0.15, -0.1) is 29.1 Å². The summed E-state index contributed by atoms with van der Waals surface area (Å²) in [6, 6.07) is -0.527. The summed E-state index contributed by atoms with van der Waals surface area (Å²) in [5.41, 5.74) is 8.51. The Morgan fingerprint density at radius 1 is 1.59 bits per heavy atom. The number of aliphatic hydroxyl groups excluding tert-OH is 1. The minimum Gasteiger partial charge on any atom is -0.481 e. The first-order valence-corrected chi connectivity index (χ1v) is 10.3. The Morgan fingerprint density at radius 3 is 3.07 bits per heavy atom. The Morgan fingerprint density at radius 2 is 2.37 bits per heavy atom. The lowest BCUT2D eigenvalue weighted by Crippen LogP contribution is -2.72. The van der Waals surface area contributed by atoms with E-state index >= 15 is 0 Å². The number of hydrogen-bond donors (Lipinski definition) is 4. The predicted molar refractivity (Wildman–Crippen MR) is 102 cm³/mol. The van der Waals surface area contributed by atoms with E-state index in [1.807, 2.05) is 13.0 Å². The zero-order valence-electron chi connectivity index (χ0n) is 14.5. The molecule has 12 heteroatoms. The first-order valence-electron chi connectivity index (χ1n) is 8.31. The fraction of sp³-hybridized carbons (Fsp3) is 0.533. The van der Waals surface area contributed by atoms with Crippen molar-refractivity contribution in [2.24, 2.45) is 16.1 Å². The number of thioether (sulfide) groups is 2. The number of aliphatic hydroxyl groups is 1. The smallest absolute Gasteiger partial charge is 0.313 e. The van der Waals surface area contributed by atoms with Crippen LogP contribution >= 0.6 is 23.5 Å². The third-order valence-electron chi connectivity index (χ3n) is 4.86. The molecule has 4 aliphatic rings. The van der Waals surface area contributed by atoms with E-state index in [9.17, 15) is 19.8 Å². The maximum Gasteiger partial charge on any atom is 0.313 e. The van der Waals surface area contributed by atoms with Crippen molar-refractivity contribution in [3.8, 4) is 0 Å². The number of amides is 1. The highest BCUT2D eigenvalue weighted by atomic mass is 32.2. The topological polar surface area (TPSA) is 135 Å². The van der Waals surface area contributed by atoms with E-state index in [4.69, 9.17) is 5.73 Å². The predicted octanol–water partition coefficient (Wildman–Crippen LogP) is -0.865. The summed E-state index contributed by atoms with van der Waals surface area (Å²) in [6.45, 7) is 1.80. The number of aliphatic imine (C=N–C) groups is 1. The number of fused-ring (bicyclic) bond motifs is 2. The highest BCUT2D eigenvalue weighted by Gasteiger charge is 2.55. The zero-order chi connectivity index (χ0) is 19.3. The molecule has 5 N–H and O–H groups in total. The SMILES string of the molecule is CC1=NC2=CN(CO)NN2C(SCC2(C(=O)O)CS[C@@H]3C(N)C(=O)N3C2)=C1. The molecule has 1 amide bonds. The van der Waals surface area contributed by atoms with Crippen molar-refractivity contribution in [3.05, 3.63) is 23.1 Å². The van der Waals surface area contributed by atoms with Gasteiger partial charge >= 0.3 is 5.97 Å². The maximum absolute atomic E-state index is 12.1. The van der Waals surface area contributed by atoms with E-state index in [1.165, 1.54) is 28.5 Å². The average Bonchev–Trinajstić information content (AvgIpc) is 3.08. The van der Waals surface area contributed by atoms with Crippen molar-refractivity contribution in [2.75, 3.05) is 24.8 Å². The molecule has 2 fully saturated rings. The number of allylic oxidation sites excluding steroid dienone is 1. The molecule has 0 spiro atoms. The minimum absolute atomic E-state index is 0.119. The molecule has 0 aromatic carbocycles. The summed E-state index contributed by atoms with van der Waals surface area (Å²) in [6.07, 6.45) is 3.53. The molecule has 4 aliphatic heterocycles. The lowest BCUT2D eigenvalue weighted by atomic mass is 9.89. The first-order chi connectivity index (χ1) is 12.8. The summed E-state index contributed by atoms with van der Waals surface area (Å²) in [5, 5.41) is 23.0. The number of carboxylic acids is 1. The number of carboxylic acid groups (broad SMARTS) is 1. The van der Waals surface area contributed by atoms with Crippen molar-refractivity contribution in [1.29, 1.82) is 0 Å². The third kappa shape index (κ3) is 3.01. The van der Waals surface area contributed by atoms with Gasteiger partial charge < -0.3 is 20.8 Å². The monoisotopic (exact) mass is 412 g/mol. The van der Waals surface area contributed by atoms with Crippen LogP contribution in [0.4, 0.5) is 0 Å². The van der Waals surface area contributed by atoms with Crippen LogP contribution in [-0.2, 0) is 9.59 Å². The van der Waals surface area contributed by atoms with Crippen molar-refractivity contribution >= 4 is 41.1 Å². The van der Waals surface area contributed by atoms with Gasteiger partial charge in [-0.05, 0) is 13.0 Å². The van der Waals surface area contributed by atoms with Gasteiger partial charge in [0.2, 0.25) is 5.91 Å². The number of β-lactam (4-membered cyclic amide) rings is 1. The van der Waals surface area contributed by atoms with Crippen LogP contribution in [0.15, 0.2) is 28.1 Å². The summed E-state index contributed by atoms with van der Waals surface area (Å²) in [4.78, 5) is 30.0. The van der Waals surface area contributed by atoms with Crippen LogP contribution in [0.3, 0.4) is 0 Å².